The Kier molecular flexibility index (Phi) is 17.7. The molecule has 178 valence electrons. The van der Waals surface area contributed by atoms with E-state index in [-0.39, 0.29) is 13.2 Å². The Bertz CT molecular complexity index is 401. The summed E-state index contributed by atoms with van der Waals surface area (Å²) in [5.74, 6) is 0. The Morgan fingerprint density at radius 3 is 1.87 bits per heavy atom. The Balaban J connectivity index is 1.83. The molecule has 1 rings (SSSR count). The van der Waals surface area contributed by atoms with Gasteiger partial charge < -0.3 is 24.8 Å². The molecule has 0 radical (unpaired) electrons. The molecule has 0 unspecified atom stereocenters. The zero-order valence-corrected chi connectivity index (χ0v) is 19.4. The number of allylic oxidation sites excluding steroid dienone is 2. The predicted octanol–water partition coefficient (Wildman–Crippen LogP) is 4.91. The number of ether oxygens (including phenoxy) is 2. The Labute approximate surface area is 184 Å². The second-order valence-electron chi connectivity index (χ2n) is 8.74. The monoisotopic (exact) mass is 428 g/mol. The summed E-state index contributed by atoms with van der Waals surface area (Å²) in [6, 6.07) is 0. The maximum absolute atomic E-state index is 9.84. The Morgan fingerprint density at radius 1 is 0.833 bits per heavy atom. The summed E-state index contributed by atoms with van der Waals surface area (Å²) in [5.41, 5.74) is 0. The van der Waals surface area contributed by atoms with E-state index in [0.29, 0.717) is 6.61 Å². The van der Waals surface area contributed by atoms with Crippen LogP contribution in [0.3, 0.4) is 0 Å². The van der Waals surface area contributed by atoms with E-state index in [1.807, 2.05) is 0 Å². The highest BCUT2D eigenvalue weighted by molar-refractivity contribution is 4.88. The summed E-state index contributed by atoms with van der Waals surface area (Å²) in [7, 11) is 0. The van der Waals surface area contributed by atoms with Crippen molar-refractivity contribution < 1.29 is 24.8 Å². The first-order chi connectivity index (χ1) is 14.7. The minimum Gasteiger partial charge on any atom is -0.394 e. The SMILES string of the molecule is CCCCCCCC/C=C/CCCCCCCCCO[C@@H](CO)[C@@H]1OC[C@@H](O)[C@@H]1O. The molecule has 1 aliphatic heterocycles. The molecule has 1 saturated heterocycles. The number of rotatable bonds is 20. The van der Waals surface area contributed by atoms with Crippen LogP contribution < -0.4 is 0 Å². The maximum atomic E-state index is 9.84. The molecule has 5 heteroatoms. The smallest absolute Gasteiger partial charge is 0.114 e. The molecule has 0 aromatic carbocycles. The lowest BCUT2D eigenvalue weighted by Crippen LogP contribution is -2.42. The van der Waals surface area contributed by atoms with Crippen LogP contribution in [0.5, 0.6) is 0 Å². The Hall–Kier alpha value is -0.460. The van der Waals surface area contributed by atoms with E-state index in [0.717, 1.165) is 12.8 Å². The molecule has 0 saturated carbocycles. The highest BCUT2D eigenvalue weighted by Gasteiger charge is 2.40. The second-order valence-corrected chi connectivity index (χ2v) is 8.74. The maximum Gasteiger partial charge on any atom is 0.114 e. The van der Waals surface area contributed by atoms with E-state index < -0.39 is 24.4 Å². The van der Waals surface area contributed by atoms with Crippen molar-refractivity contribution in [3.8, 4) is 0 Å². The van der Waals surface area contributed by atoms with Gasteiger partial charge >= 0.3 is 0 Å². The van der Waals surface area contributed by atoms with Crippen molar-refractivity contribution in [1.29, 1.82) is 0 Å². The zero-order valence-electron chi connectivity index (χ0n) is 19.4. The number of hydrogen-bond donors (Lipinski definition) is 3. The average molecular weight is 429 g/mol. The minimum atomic E-state index is -0.979. The van der Waals surface area contributed by atoms with E-state index in [9.17, 15) is 15.3 Å². The summed E-state index contributed by atoms with van der Waals surface area (Å²) in [6.45, 7) is 2.71. The highest BCUT2D eigenvalue weighted by atomic mass is 16.6. The third-order valence-electron chi connectivity index (χ3n) is 5.97. The van der Waals surface area contributed by atoms with E-state index in [1.165, 1.54) is 83.5 Å². The fourth-order valence-electron chi connectivity index (χ4n) is 3.97. The molecule has 3 N–H and O–H groups in total. The van der Waals surface area contributed by atoms with Crippen LogP contribution in [0.2, 0.25) is 0 Å². The lowest BCUT2D eigenvalue weighted by atomic mass is 10.1. The molecule has 1 fully saturated rings. The number of aliphatic hydroxyl groups is 3. The molecule has 5 nitrogen and oxygen atoms in total. The van der Waals surface area contributed by atoms with Crippen molar-refractivity contribution >= 4 is 0 Å². The zero-order chi connectivity index (χ0) is 21.9. The molecule has 4 atom stereocenters. The number of unbranched alkanes of at least 4 members (excludes halogenated alkanes) is 13. The first-order valence-electron chi connectivity index (χ1n) is 12.6. The molecule has 0 aliphatic carbocycles. The number of hydrogen-bond acceptors (Lipinski definition) is 5. The standard InChI is InChI=1S/C25H48O5/c1-2-3-4-5-6-7-8-9-10-11-12-13-14-15-16-17-18-19-29-23(20-26)25-24(28)22(27)21-30-25/h9-10,22-28H,2-8,11-21H2,1H3/b10-9+/t22-,23+,24+,25+/m1/s1. The molecule has 0 aromatic rings. The van der Waals surface area contributed by atoms with Gasteiger partial charge in [-0.05, 0) is 32.1 Å². The largest absolute Gasteiger partial charge is 0.394 e. The van der Waals surface area contributed by atoms with Crippen LogP contribution in [0, 0.1) is 0 Å². The first-order valence-corrected chi connectivity index (χ1v) is 12.6. The van der Waals surface area contributed by atoms with Crippen LogP contribution in [0.15, 0.2) is 12.2 Å². The third kappa shape index (κ3) is 13.1. The predicted molar refractivity (Wildman–Crippen MR) is 123 cm³/mol. The molecule has 1 heterocycles. The van der Waals surface area contributed by atoms with Crippen LogP contribution in [0.1, 0.15) is 103 Å². The summed E-state index contributed by atoms with van der Waals surface area (Å²) < 4.78 is 11.0. The van der Waals surface area contributed by atoms with Crippen molar-refractivity contribution in [2.75, 3.05) is 19.8 Å². The van der Waals surface area contributed by atoms with Crippen molar-refractivity contribution in [1.82, 2.24) is 0 Å². The first kappa shape index (κ1) is 27.6. The van der Waals surface area contributed by atoms with Crippen LogP contribution in [0.25, 0.3) is 0 Å². The average Bonchev–Trinajstić information content (AvgIpc) is 3.08. The summed E-state index contributed by atoms with van der Waals surface area (Å²) >= 11 is 0. The molecular formula is C25H48O5. The van der Waals surface area contributed by atoms with Gasteiger partial charge in [0, 0.05) is 6.61 Å². The summed E-state index contributed by atoms with van der Waals surface area (Å²) in [4.78, 5) is 0. The molecule has 0 aromatic heterocycles. The molecular weight excluding hydrogens is 380 g/mol. The summed E-state index contributed by atoms with van der Waals surface area (Å²) in [5, 5.41) is 28.8. The van der Waals surface area contributed by atoms with Crippen LogP contribution in [0.4, 0.5) is 0 Å². The van der Waals surface area contributed by atoms with Crippen LogP contribution >= 0.6 is 0 Å². The number of aliphatic hydroxyl groups excluding tert-OH is 3. The Morgan fingerprint density at radius 2 is 1.37 bits per heavy atom. The van der Waals surface area contributed by atoms with Gasteiger partial charge in [-0.2, -0.15) is 0 Å². The van der Waals surface area contributed by atoms with Crippen molar-refractivity contribution in [2.45, 2.75) is 128 Å². The van der Waals surface area contributed by atoms with Gasteiger partial charge in [0.1, 0.15) is 24.4 Å². The van der Waals surface area contributed by atoms with E-state index in [4.69, 9.17) is 9.47 Å². The van der Waals surface area contributed by atoms with E-state index in [1.54, 1.807) is 0 Å². The fourth-order valence-corrected chi connectivity index (χ4v) is 3.97. The van der Waals surface area contributed by atoms with Gasteiger partial charge in [-0.25, -0.2) is 0 Å². The van der Waals surface area contributed by atoms with E-state index in [2.05, 4.69) is 19.1 Å². The topological polar surface area (TPSA) is 79.2 Å². The normalized spacial score (nSPS) is 22.9. The van der Waals surface area contributed by atoms with Crippen LogP contribution in [-0.2, 0) is 9.47 Å². The van der Waals surface area contributed by atoms with Gasteiger partial charge in [-0.3, -0.25) is 0 Å². The van der Waals surface area contributed by atoms with Crippen LogP contribution in [-0.4, -0.2) is 59.6 Å². The third-order valence-corrected chi connectivity index (χ3v) is 5.97. The molecule has 0 amide bonds. The highest BCUT2D eigenvalue weighted by Crippen LogP contribution is 2.20. The van der Waals surface area contributed by atoms with Gasteiger partial charge in [0.05, 0.1) is 13.2 Å². The van der Waals surface area contributed by atoms with Gasteiger partial charge in [-0.1, -0.05) is 83.3 Å². The van der Waals surface area contributed by atoms with Gasteiger partial charge in [0.25, 0.3) is 0 Å². The molecule has 0 bridgehead atoms. The van der Waals surface area contributed by atoms with Crippen molar-refractivity contribution in [2.24, 2.45) is 0 Å². The van der Waals surface area contributed by atoms with Crippen molar-refractivity contribution in [3.63, 3.8) is 0 Å². The van der Waals surface area contributed by atoms with Gasteiger partial charge in [-0.15, -0.1) is 0 Å². The molecule has 0 spiro atoms. The lowest BCUT2D eigenvalue weighted by molar-refractivity contribution is -0.101. The van der Waals surface area contributed by atoms with Gasteiger partial charge in [0.15, 0.2) is 0 Å². The second kappa shape index (κ2) is 19.2. The molecule has 1 aliphatic rings. The lowest BCUT2D eigenvalue weighted by Gasteiger charge is -2.24. The van der Waals surface area contributed by atoms with E-state index >= 15 is 0 Å². The summed E-state index contributed by atoms with van der Waals surface area (Å²) in [6.07, 6.45) is 20.8. The van der Waals surface area contributed by atoms with Crippen molar-refractivity contribution in [3.05, 3.63) is 12.2 Å². The van der Waals surface area contributed by atoms with Gasteiger partial charge in [0.2, 0.25) is 0 Å². The quantitative estimate of drug-likeness (QED) is 0.190. The molecule has 30 heavy (non-hydrogen) atoms. The fraction of sp³-hybridized carbons (Fsp3) is 0.920. The minimum absolute atomic E-state index is 0.0978.